The van der Waals surface area contributed by atoms with Crippen molar-refractivity contribution in [2.75, 3.05) is 20.3 Å². The molecule has 0 aromatic heterocycles. The van der Waals surface area contributed by atoms with Crippen LogP contribution in [0.15, 0.2) is 90.1 Å². The van der Waals surface area contributed by atoms with E-state index in [-0.39, 0.29) is 24.6 Å². The molecule has 37 heavy (non-hydrogen) atoms. The average molecular weight is 501 g/mol. The summed E-state index contributed by atoms with van der Waals surface area (Å²) in [6, 6.07) is 22.0. The SMILES string of the molecule is CCOC(=O)C1=C(COc2ccc(C(C)=O)cc2)N(C)C(=O)N[C@@H]1c1cccc(Oc2ccccc2)c1. The lowest BCUT2D eigenvalue weighted by atomic mass is 9.94. The van der Waals surface area contributed by atoms with Crippen LogP contribution in [-0.4, -0.2) is 42.9 Å². The van der Waals surface area contributed by atoms with Gasteiger partial charge in [-0.2, -0.15) is 0 Å². The van der Waals surface area contributed by atoms with Gasteiger partial charge in [0.05, 0.1) is 23.9 Å². The van der Waals surface area contributed by atoms with E-state index in [1.165, 1.54) is 11.8 Å². The van der Waals surface area contributed by atoms with E-state index < -0.39 is 18.0 Å². The molecule has 2 amide bonds. The van der Waals surface area contributed by atoms with Crippen molar-refractivity contribution >= 4 is 17.8 Å². The molecule has 0 radical (unpaired) electrons. The summed E-state index contributed by atoms with van der Waals surface area (Å²) in [6.45, 7) is 3.32. The Morgan fingerprint density at radius 3 is 2.30 bits per heavy atom. The third-order valence-corrected chi connectivity index (χ3v) is 5.88. The van der Waals surface area contributed by atoms with Gasteiger partial charge >= 0.3 is 12.0 Å². The number of likely N-dealkylation sites (N-methyl/N-ethyl adjacent to an activating group) is 1. The summed E-state index contributed by atoms with van der Waals surface area (Å²) in [5.41, 5.74) is 1.85. The lowest BCUT2D eigenvalue weighted by Gasteiger charge is -2.34. The first-order chi connectivity index (χ1) is 17.9. The fourth-order valence-corrected chi connectivity index (χ4v) is 3.95. The Hall–Kier alpha value is -4.59. The van der Waals surface area contributed by atoms with Gasteiger partial charge in [0.2, 0.25) is 0 Å². The van der Waals surface area contributed by atoms with Crippen molar-refractivity contribution in [1.82, 2.24) is 10.2 Å². The summed E-state index contributed by atoms with van der Waals surface area (Å²) in [4.78, 5) is 39.0. The van der Waals surface area contributed by atoms with E-state index in [2.05, 4.69) is 5.32 Å². The van der Waals surface area contributed by atoms with Crippen LogP contribution < -0.4 is 14.8 Å². The zero-order valence-corrected chi connectivity index (χ0v) is 20.9. The third kappa shape index (κ3) is 5.98. The number of hydrogen-bond donors (Lipinski definition) is 1. The second-order valence-electron chi connectivity index (χ2n) is 8.38. The fourth-order valence-electron chi connectivity index (χ4n) is 3.95. The van der Waals surface area contributed by atoms with Gasteiger partial charge in [-0.15, -0.1) is 0 Å². The number of Topliss-reactive ketones (excluding diaryl/α,β-unsaturated/α-hetero) is 1. The van der Waals surface area contributed by atoms with Gasteiger partial charge in [0.15, 0.2) is 5.78 Å². The van der Waals surface area contributed by atoms with Crippen LogP contribution in [0.5, 0.6) is 17.2 Å². The maximum Gasteiger partial charge on any atom is 0.338 e. The standard InChI is InChI=1S/C29H28N2O6/c1-4-35-28(33)26-25(18-36-22-15-13-20(14-16-22)19(2)32)31(3)29(34)30-27(26)21-9-8-12-24(17-21)37-23-10-6-5-7-11-23/h5-17,27H,4,18H2,1-3H3,(H,30,34)/t27-/m1/s1. The van der Waals surface area contributed by atoms with Gasteiger partial charge in [-0.1, -0.05) is 30.3 Å². The molecule has 3 aromatic rings. The Kier molecular flexibility index (Phi) is 7.88. The molecule has 0 saturated carbocycles. The molecular formula is C29H28N2O6. The number of ether oxygens (including phenoxy) is 3. The zero-order chi connectivity index (χ0) is 26.4. The molecule has 1 aliphatic rings. The highest BCUT2D eigenvalue weighted by Gasteiger charge is 2.37. The number of carbonyl (C=O) groups excluding carboxylic acids is 3. The smallest absolute Gasteiger partial charge is 0.338 e. The van der Waals surface area contributed by atoms with Gasteiger partial charge in [-0.25, -0.2) is 9.59 Å². The van der Waals surface area contributed by atoms with Crippen LogP contribution in [0, 0.1) is 0 Å². The molecule has 8 heteroatoms. The number of carbonyl (C=O) groups is 3. The van der Waals surface area contributed by atoms with E-state index in [1.54, 1.807) is 56.4 Å². The van der Waals surface area contributed by atoms with Crippen molar-refractivity contribution in [2.24, 2.45) is 0 Å². The van der Waals surface area contributed by atoms with E-state index >= 15 is 0 Å². The predicted octanol–water partition coefficient (Wildman–Crippen LogP) is 5.27. The van der Waals surface area contributed by atoms with Crippen molar-refractivity contribution in [2.45, 2.75) is 19.9 Å². The van der Waals surface area contributed by atoms with Crippen LogP contribution in [0.25, 0.3) is 0 Å². The number of hydrogen-bond acceptors (Lipinski definition) is 6. The first kappa shape index (κ1) is 25.5. The summed E-state index contributed by atoms with van der Waals surface area (Å²) in [7, 11) is 1.57. The van der Waals surface area contributed by atoms with Gasteiger partial charge in [0.1, 0.15) is 23.9 Å². The molecule has 190 valence electrons. The molecule has 1 aliphatic heterocycles. The number of para-hydroxylation sites is 1. The van der Waals surface area contributed by atoms with Gasteiger partial charge < -0.3 is 19.5 Å². The molecular weight excluding hydrogens is 472 g/mol. The summed E-state index contributed by atoms with van der Waals surface area (Å²) < 4.78 is 17.2. The number of nitrogens with one attached hydrogen (secondary N) is 1. The largest absolute Gasteiger partial charge is 0.487 e. The highest BCUT2D eigenvalue weighted by Crippen LogP contribution is 2.33. The van der Waals surface area contributed by atoms with E-state index in [0.29, 0.717) is 34.1 Å². The normalized spacial score (nSPS) is 15.2. The highest BCUT2D eigenvalue weighted by molar-refractivity contribution is 5.95. The van der Waals surface area contributed by atoms with Crippen molar-refractivity contribution in [3.05, 3.63) is 101 Å². The average Bonchev–Trinajstić information content (AvgIpc) is 2.90. The van der Waals surface area contributed by atoms with Crippen molar-refractivity contribution in [3.63, 3.8) is 0 Å². The number of urea groups is 1. The molecule has 0 spiro atoms. The summed E-state index contributed by atoms with van der Waals surface area (Å²) in [5.74, 6) is 1.11. The van der Waals surface area contributed by atoms with E-state index in [9.17, 15) is 14.4 Å². The second-order valence-corrected chi connectivity index (χ2v) is 8.38. The minimum Gasteiger partial charge on any atom is -0.487 e. The second kappa shape index (κ2) is 11.4. The number of amides is 2. The lowest BCUT2D eigenvalue weighted by molar-refractivity contribution is -0.139. The number of nitrogens with zero attached hydrogens (tertiary/aromatic N) is 1. The van der Waals surface area contributed by atoms with Crippen molar-refractivity contribution in [3.8, 4) is 17.2 Å². The number of ketones is 1. The molecule has 8 nitrogen and oxygen atoms in total. The molecule has 3 aromatic carbocycles. The van der Waals surface area contributed by atoms with E-state index in [0.717, 1.165) is 0 Å². The number of benzene rings is 3. The van der Waals surface area contributed by atoms with Gasteiger partial charge in [0.25, 0.3) is 0 Å². The van der Waals surface area contributed by atoms with Crippen LogP contribution in [0.4, 0.5) is 4.79 Å². The molecule has 0 saturated heterocycles. The highest BCUT2D eigenvalue weighted by atomic mass is 16.5. The fraction of sp³-hybridized carbons (Fsp3) is 0.207. The van der Waals surface area contributed by atoms with Gasteiger partial charge in [-0.05, 0) is 67.9 Å². The number of rotatable bonds is 9. The van der Waals surface area contributed by atoms with E-state index in [1.807, 2.05) is 36.4 Å². The molecule has 4 rings (SSSR count). The molecule has 1 heterocycles. The Morgan fingerprint density at radius 2 is 1.62 bits per heavy atom. The maximum absolute atomic E-state index is 13.2. The Bertz CT molecular complexity index is 1320. The monoisotopic (exact) mass is 500 g/mol. The molecule has 0 bridgehead atoms. The Balaban J connectivity index is 1.68. The van der Waals surface area contributed by atoms with Crippen LogP contribution in [-0.2, 0) is 9.53 Å². The predicted molar refractivity (Wildman–Crippen MR) is 138 cm³/mol. The zero-order valence-electron chi connectivity index (χ0n) is 20.9. The first-order valence-electron chi connectivity index (χ1n) is 11.9. The minimum atomic E-state index is -0.777. The molecule has 0 unspecified atom stereocenters. The Morgan fingerprint density at radius 1 is 0.919 bits per heavy atom. The summed E-state index contributed by atoms with van der Waals surface area (Å²) >= 11 is 0. The molecule has 0 fully saturated rings. The number of esters is 1. The third-order valence-electron chi connectivity index (χ3n) is 5.88. The minimum absolute atomic E-state index is 0.0520. The maximum atomic E-state index is 13.2. The quantitative estimate of drug-likeness (QED) is 0.318. The molecule has 1 atom stereocenters. The molecule has 1 N–H and O–H groups in total. The van der Waals surface area contributed by atoms with Crippen LogP contribution in [0.1, 0.15) is 35.8 Å². The van der Waals surface area contributed by atoms with Gasteiger partial charge in [0, 0.05) is 12.6 Å². The molecule has 0 aliphatic carbocycles. The summed E-state index contributed by atoms with van der Waals surface area (Å²) in [5, 5.41) is 2.89. The van der Waals surface area contributed by atoms with Crippen LogP contribution >= 0.6 is 0 Å². The van der Waals surface area contributed by atoms with Crippen LogP contribution in [0.3, 0.4) is 0 Å². The topological polar surface area (TPSA) is 94.2 Å². The Labute approximate surface area is 215 Å². The van der Waals surface area contributed by atoms with Crippen molar-refractivity contribution < 1.29 is 28.6 Å². The first-order valence-corrected chi connectivity index (χ1v) is 11.9. The van der Waals surface area contributed by atoms with E-state index in [4.69, 9.17) is 14.2 Å². The van der Waals surface area contributed by atoms with Gasteiger partial charge in [-0.3, -0.25) is 9.69 Å². The van der Waals surface area contributed by atoms with Crippen molar-refractivity contribution in [1.29, 1.82) is 0 Å². The lowest BCUT2D eigenvalue weighted by Crippen LogP contribution is -2.48. The summed E-state index contributed by atoms with van der Waals surface area (Å²) in [6.07, 6.45) is 0. The van der Waals surface area contributed by atoms with Crippen LogP contribution in [0.2, 0.25) is 0 Å².